The van der Waals surface area contributed by atoms with E-state index in [1.165, 1.54) is 43.9 Å². The van der Waals surface area contributed by atoms with Crippen LogP contribution in [0.2, 0.25) is 0 Å². The fraction of sp³-hybridized carbons (Fsp3) is 0.680. The molecule has 0 N–H and O–H groups in total. The quantitative estimate of drug-likeness (QED) is 0.644. The van der Waals surface area contributed by atoms with Crippen molar-refractivity contribution in [3.05, 3.63) is 34.9 Å². The summed E-state index contributed by atoms with van der Waals surface area (Å²) >= 11 is 0. The number of rotatable bonds is 4. The van der Waals surface area contributed by atoms with E-state index in [2.05, 4.69) is 12.1 Å². The highest BCUT2D eigenvalue weighted by Crippen LogP contribution is 2.63. The second-order valence-electron chi connectivity index (χ2n) is 10.4. The van der Waals surface area contributed by atoms with Crippen LogP contribution in [-0.4, -0.2) is 42.8 Å². The lowest BCUT2D eigenvalue weighted by Gasteiger charge is -2.33. The number of likely N-dealkylation sites (tertiary alicyclic amines) is 1. The van der Waals surface area contributed by atoms with E-state index in [1.807, 2.05) is 31.7 Å². The van der Waals surface area contributed by atoms with Crippen molar-refractivity contribution in [3.63, 3.8) is 0 Å². The smallest absolute Gasteiger partial charge is 0.410 e. The van der Waals surface area contributed by atoms with E-state index >= 15 is 0 Å². The molecule has 1 aromatic carbocycles. The summed E-state index contributed by atoms with van der Waals surface area (Å²) in [5, 5.41) is 0. The highest BCUT2D eigenvalue weighted by atomic mass is 16.6. The Hall–Kier alpha value is -2.04. The molecule has 1 amide bonds. The van der Waals surface area contributed by atoms with Gasteiger partial charge in [-0.1, -0.05) is 12.5 Å². The summed E-state index contributed by atoms with van der Waals surface area (Å²) in [6.07, 6.45) is 8.05. The summed E-state index contributed by atoms with van der Waals surface area (Å²) in [5.74, 6) is 1.19. The number of benzene rings is 1. The Balaban J connectivity index is 1.28. The van der Waals surface area contributed by atoms with Gasteiger partial charge in [-0.2, -0.15) is 0 Å². The van der Waals surface area contributed by atoms with Crippen molar-refractivity contribution in [2.45, 2.75) is 76.7 Å². The summed E-state index contributed by atoms with van der Waals surface area (Å²) in [6.45, 7) is 7.36. The number of piperidine rings is 1. The van der Waals surface area contributed by atoms with Crippen LogP contribution in [0.5, 0.6) is 0 Å². The summed E-state index contributed by atoms with van der Waals surface area (Å²) < 4.78 is 10.4. The summed E-state index contributed by atoms with van der Waals surface area (Å²) in [4.78, 5) is 26.1. The first-order valence-corrected chi connectivity index (χ1v) is 11.4. The van der Waals surface area contributed by atoms with Crippen molar-refractivity contribution in [1.82, 2.24) is 4.90 Å². The molecule has 1 aliphatic heterocycles. The number of ether oxygens (including phenoxy) is 2. The fourth-order valence-corrected chi connectivity index (χ4v) is 5.56. The Morgan fingerprint density at radius 2 is 1.90 bits per heavy atom. The van der Waals surface area contributed by atoms with Gasteiger partial charge in [0, 0.05) is 13.1 Å². The van der Waals surface area contributed by atoms with Crippen molar-refractivity contribution in [1.29, 1.82) is 0 Å². The molecule has 30 heavy (non-hydrogen) atoms. The maximum atomic E-state index is 12.3. The van der Waals surface area contributed by atoms with Crippen LogP contribution in [0.15, 0.2) is 18.2 Å². The van der Waals surface area contributed by atoms with Crippen molar-refractivity contribution in [3.8, 4) is 0 Å². The Morgan fingerprint density at radius 3 is 2.57 bits per heavy atom. The molecule has 1 spiro atoms. The maximum absolute atomic E-state index is 12.3. The lowest BCUT2D eigenvalue weighted by Crippen LogP contribution is -2.41. The summed E-state index contributed by atoms with van der Waals surface area (Å²) in [7, 11) is 1.44. The zero-order chi connectivity index (χ0) is 21.5. The van der Waals surface area contributed by atoms with E-state index in [9.17, 15) is 9.59 Å². The van der Waals surface area contributed by atoms with Gasteiger partial charge in [-0.05, 0) is 99.8 Å². The molecule has 1 saturated carbocycles. The lowest BCUT2D eigenvalue weighted by atomic mass is 9.88. The number of fused-ring (bicyclic) bond motifs is 2. The third-order valence-electron chi connectivity index (χ3n) is 7.33. The van der Waals surface area contributed by atoms with E-state index in [-0.39, 0.29) is 12.1 Å². The van der Waals surface area contributed by atoms with Crippen LogP contribution in [-0.2, 0) is 21.3 Å². The molecule has 1 heterocycles. The molecule has 0 bridgehead atoms. The molecule has 5 nitrogen and oxygen atoms in total. The third kappa shape index (κ3) is 4.21. The van der Waals surface area contributed by atoms with Gasteiger partial charge in [0.2, 0.25) is 0 Å². The minimum atomic E-state index is -0.431. The number of methoxy groups -OCH3 is 1. The van der Waals surface area contributed by atoms with E-state index in [0.717, 1.165) is 38.3 Å². The molecule has 4 rings (SSSR count). The van der Waals surface area contributed by atoms with Crippen LogP contribution in [0.3, 0.4) is 0 Å². The average Bonchev–Trinajstić information content (AvgIpc) is 3.31. The van der Waals surface area contributed by atoms with Gasteiger partial charge in [0.15, 0.2) is 0 Å². The van der Waals surface area contributed by atoms with Crippen LogP contribution in [0, 0.1) is 11.8 Å². The molecular weight excluding hydrogens is 378 g/mol. The number of hydrogen-bond acceptors (Lipinski definition) is 4. The van der Waals surface area contributed by atoms with E-state index in [0.29, 0.717) is 16.9 Å². The maximum Gasteiger partial charge on any atom is 0.410 e. The summed E-state index contributed by atoms with van der Waals surface area (Å²) in [6, 6.07) is 6.12. The van der Waals surface area contributed by atoms with Crippen LogP contribution in [0.25, 0.3) is 0 Å². The minimum Gasteiger partial charge on any atom is -0.465 e. The standard InChI is InChI=1S/C25H35NO4/c1-24(2,3)30-23(28)26-13-10-17(11-14-26)5-8-20-16-25(20)12-9-18-6-7-19(15-21(18)25)22(27)29-4/h6-7,15,17,20H,5,8-14,16H2,1-4H3. The highest BCUT2D eigenvalue weighted by molar-refractivity contribution is 5.89. The van der Waals surface area contributed by atoms with Gasteiger partial charge in [-0.15, -0.1) is 0 Å². The number of hydrogen-bond donors (Lipinski definition) is 0. The molecule has 5 heteroatoms. The highest BCUT2D eigenvalue weighted by Gasteiger charge is 2.57. The predicted molar refractivity (Wildman–Crippen MR) is 116 cm³/mol. The average molecular weight is 414 g/mol. The monoisotopic (exact) mass is 413 g/mol. The van der Waals surface area contributed by atoms with Gasteiger partial charge in [0.05, 0.1) is 12.7 Å². The Labute approximate surface area is 180 Å². The van der Waals surface area contributed by atoms with E-state index < -0.39 is 5.60 Å². The zero-order valence-electron chi connectivity index (χ0n) is 18.8. The second-order valence-corrected chi connectivity index (χ2v) is 10.4. The zero-order valence-corrected chi connectivity index (χ0v) is 18.8. The minimum absolute atomic E-state index is 0.175. The molecule has 2 aliphatic carbocycles. The molecule has 1 saturated heterocycles. The first-order chi connectivity index (χ1) is 14.2. The first kappa shape index (κ1) is 21.2. The predicted octanol–water partition coefficient (Wildman–Crippen LogP) is 5.10. The molecule has 2 unspecified atom stereocenters. The normalized spacial score (nSPS) is 25.9. The van der Waals surface area contributed by atoms with Gasteiger partial charge < -0.3 is 14.4 Å². The van der Waals surface area contributed by atoms with Crippen LogP contribution < -0.4 is 0 Å². The molecule has 1 aromatic rings. The van der Waals surface area contributed by atoms with E-state index in [1.54, 1.807) is 0 Å². The number of carbonyl (C=O) groups is 2. The van der Waals surface area contributed by atoms with Crippen LogP contribution in [0.4, 0.5) is 4.79 Å². The molecule has 3 aliphatic rings. The molecule has 164 valence electrons. The molecular formula is C25H35NO4. The lowest BCUT2D eigenvalue weighted by molar-refractivity contribution is 0.0179. The molecule has 2 fully saturated rings. The fourth-order valence-electron chi connectivity index (χ4n) is 5.56. The Morgan fingerprint density at radius 1 is 1.17 bits per heavy atom. The van der Waals surface area contributed by atoms with Crippen molar-refractivity contribution in [2.24, 2.45) is 11.8 Å². The van der Waals surface area contributed by atoms with Crippen molar-refractivity contribution in [2.75, 3.05) is 20.2 Å². The Bertz CT molecular complexity index is 819. The van der Waals surface area contributed by atoms with Crippen LogP contribution >= 0.6 is 0 Å². The van der Waals surface area contributed by atoms with Crippen LogP contribution in [0.1, 0.15) is 80.8 Å². The second kappa shape index (κ2) is 7.90. The van der Waals surface area contributed by atoms with Gasteiger partial charge in [0.25, 0.3) is 0 Å². The number of amides is 1. The van der Waals surface area contributed by atoms with Gasteiger partial charge in [0.1, 0.15) is 5.60 Å². The summed E-state index contributed by atoms with van der Waals surface area (Å²) in [5.41, 5.74) is 3.36. The Kier molecular flexibility index (Phi) is 5.58. The number of nitrogens with zero attached hydrogens (tertiary/aromatic N) is 1. The number of carbonyl (C=O) groups excluding carboxylic acids is 2. The van der Waals surface area contributed by atoms with Gasteiger partial charge in [-0.25, -0.2) is 9.59 Å². The topological polar surface area (TPSA) is 55.8 Å². The number of esters is 1. The van der Waals surface area contributed by atoms with Gasteiger partial charge in [-0.3, -0.25) is 0 Å². The number of aryl methyl sites for hydroxylation is 1. The van der Waals surface area contributed by atoms with E-state index in [4.69, 9.17) is 9.47 Å². The third-order valence-corrected chi connectivity index (χ3v) is 7.33. The van der Waals surface area contributed by atoms with Gasteiger partial charge >= 0.3 is 12.1 Å². The SMILES string of the molecule is COC(=O)c1ccc2c(c1)C1(CC2)CC1CCC1CCN(C(=O)OC(C)(C)C)CC1. The first-order valence-electron chi connectivity index (χ1n) is 11.4. The van der Waals surface area contributed by atoms with Crippen molar-refractivity contribution >= 4 is 12.1 Å². The molecule has 0 radical (unpaired) electrons. The van der Waals surface area contributed by atoms with Crippen molar-refractivity contribution < 1.29 is 19.1 Å². The molecule has 0 aromatic heterocycles. The largest absolute Gasteiger partial charge is 0.465 e. The molecule has 2 atom stereocenters.